The maximum atomic E-state index is 6.21. The van der Waals surface area contributed by atoms with Crippen molar-refractivity contribution in [3.8, 4) is 0 Å². The average Bonchev–Trinajstić information content (AvgIpc) is 2.50. The number of benzene rings is 1. The Kier molecular flexibility index (Phi) is 4.94. The number of piperazine rings is 1. The molecule has 1 aromatic carbocycles. The van der Waals surface area contributed by atoms with Gasteiger partial charge in [0.05, 0.1) is 0 Å². The van der Waals surface area contributed by atoms with Gasteiger partial charge in [0.1, 0.15) is 0 Å². The van der Waals surface area contributed by atoms with Crippen molar-refractivity contribution in [2.75, 3.05) is 39.4 Å². The van der Waals surface area contributed by atoms with Gasteiger partial charge in [-0.2, -0.15) is 0 Å². The van der Waals surface area contributed by atoms with Gasteiger partial charge < -0.3 is 10.1 Å². The molecular formula is C16H23ClN2O. The second-order valence-electron chi connectivity index (χ2n) is 5.74. The molecule has 20 heavy (non-hydrogen) atoms. The van der Waals surface area contributed by atoms with Gasteiger partial charge in [0.25, 0.3) is 0 Å². The lowest BCUT2D eigenvalue weighted by Crippen LogP contribution is -2.47. The summed E-state index contributed by atoms with van der Waals surface area (Å²) in [7, 11) is 0. The molecule has 0 aliphatic carbocycles. The smallest absolute Gasteiger partial charge is 0.0469 e. The third-order valence-corrected chi connectivity index (χ3v) is 4.68. The summed E-state index contributed by atoms with van der Waals surface area (Å²) in [5.41, 5.74) is 1.37. The highest BCUT2D eigenvalue weighted by molar-refractivity contribution is 6.30. The van der Waals surface area contributed by atoms with Crippen LogP contribution in [-0.4, -0.2) is 44.3 Å². The minimum absolute atomic E-state index is 0.486. The van der Waals surface area contributed by atoms with Gasteiger partial charge in [0.2, 0.25) is 0 Å². The van der Waals surface area contributed by atoms with Gasteiger partial charge in [0, 0.05) is 50.5 Å². The maximum Gasteiger partial charge on any atom is 0.0469 e. The van der Waals surface area contributed by atoms with Gasteiger partial charge in [-0.1, -0.05) is 23.7 Å². The molecule has 0 aromatic heterocycles. The minimum Gasteiger partial charge on any atom is -0.381 e. The van der Waals surface area contributed by atoms with Gasteiger partial charge in [-0.15, -0.1) is 0 Å². The molecule has 0 radical (unpaired) electrons. The van der Waals surface area contributed by atoms with Crippen LogP contribution in [0.3, 0.4) is 0 Å². The summed E-state index contributed by atoms with van der Waals surface area (Å²) in [4.78, 5) is 2.62. The van der Waals surface area contributed by atoms with Crippen molar-refractivity contribution in [3.63, 3.8) is 0 Å². The van der Waals surface area contributed by atoms with Crippen LogP contribution < -0.4 is 5.32 Å². The van der Waals surface area contributed by atoms with Crippen LogP contribution in [0.5, 0.6) is 0 Å². The van der Waals surface area contributed by atoms with Crippen molar-refractivity contribution in [2.24, 2.45) is 5.92 Å². The van der Waals surface area contributed by atoms with E-state index in [1.54, 1.807) is 0 Å². The molecule has 110 valence electrons. The van der Waals surface area contributed by atoms with E-state index in [-0.39, 0.29) is 0 Å². The van der Waals surface area contributed by atoms with Gasteiger partial charge in [0.15, 0.2) is 0 Å². The molecule has 2 aliphatic heterocycles. The topological polar surface area (TPSA) is 24.5 Å². The molecule has 0 saturated carbocycles. The van der Waals surface area contributed by atoms with E-state index < -0.39 is 0 Å². The lowest BCUT2D eigenvalue weighted by Gasteiger charge is -2.41. The Labute approximate surface area is 126 Å². The Morgan fingerprint density at radius 3 is 2.65 bits per heavy atom. The lowest BCUT2D eigenvalue weighted by atomic mass is 9.85. The Balaban J connectivity index is 1.85. The second kappa shape index (κ2) is 6.90. The van der Waals surface area contributed by atoms with Crippen molar-refractivity contribution >= 4 is 11.6 Å². The number of ether oxygens (including phenoxy) is 1. The summed E-state index contributed by atoms with van der Waals surface area (Å²) in [5, 5.41) is 4.29. The summed E-state index contributed by atoms with van der Waals surface area (Å²) < 4.78 is 5.54. The number of nitrogens with zero attached hydrogens (tertiary/aromatic N) is 1. The predicted octanol–water partition coefficient (Wildman–Crippen LogP) is 2.71. The first-order chi connectivity index (χ1) is 9.84. The average molecular weight is 295 g/mol. The first-order valence-electron chi connectivity index (χ1n) is 7.62. The third kappa shape index (κ3) is 3.34. The van der Waals surface area contributed by atoms with Crippen molar-refractivity contribution in [3.05, 3.63) is 34.9 Å². The minimum atomic E-state index is 0.486. The fraction of sp³-hybridized carbons (Fsp3) is 0.625. The Hall–Kier alpha value is -0.610. The van der Waals surface area contributed by atoms with E-state index in [4.69, 9.17) is 16.3 Å². The highest BCUT2D eigenvalue weighted by atomic mass is 35.5. The summed E-state index contributed by atoms with van der Waals surface area (Å²) in [6.07, 6.45) is 2.31. The van der Waals surface area contributed by atoms with Crippen LogP contribution in [0.1, 0.15) is 24.4 Å². The molecule has 4 heteroatoms. The predicted molar refractivity (Wildman–Crippen MR) is 82.2 cm³/mol. The van der Waals surface area contributed by atoms with E-state index in [0.29, 0.717) is 12.0 Å². The molecule has 0 bridgehead atoms. The van der Waals surface area contributed by atoms with Crippen LogP contribution in [0.4, 0.5) is 0 Å². The van der Waals surface area contributed by atoms with Crippen LogP contribution in [0.15, 0.2) is 24.3 Å². The molecule has 1 N–H and O–H groups in total. The molecule has 2 aliphatic rings. The van der Waals surface area contributed by atoms with Crippen molar-refractivity contribution in [1.29, 1.82) is 0 Å². The SMILES string of the molecule is Clc1cccc([C@H](C2CCOCC2)N2CCNCC2)c1. The van der Waals surface area contributed by atoms with Crippen molar-refractivity contribution < 1.29 is 4.74 Å². The highest BCUT2D eigenvalue weighted by Crippen LogP contribution is 2.36. The van der Waals surface area contributed by atoms with Crippen LogP contribution in [0.2, 0.25) is 5.02 Å². The summed E-state index contributed by atoms with van der Waals surface area (Å²) in [5.74, 6) is 0.681. The summed E-state index contributed by atoms with van der Waals surface area (Å²) in [6, 6.07) is 8.90. The Morgan fingerprint density at radius 2 is 1.95 bits per heavy atom. The molecule has 0 unspecified atom stereocenters. The molecule has 2 heterocycles. The standard InChI is InChI=1S/C16H23ClN2O/c17-15-3-1-2-14(12-15)16(13-4-10-20-11-5-13)19-8-6-18-7-9-19/h1-3,12-13,16,18H,4-11H2/t16-/m0/s1. The van der Waals surface area contributed by atoms with Crippen LogP contribution in [-0.2, 0) is 4.74 Å². The van der Waals surface area contributed by atoms with Crippen LogP contribution >= 0.6 is 11.6 Å². The zero-order valence-corrected chi connectivity index (χ0v) is 12.6. The molecule has 2 fully saturated rings. The monoisotopic (exact) mass is 294 g/mol. The van der Waals surface area contributed by atoms with Gasteiger partial charge in [-0.25, -0.2) is 0 Å². The fourth-order valence-electron chi connectivity index (χ4n) is 3.46. The zero-order valence-electron chi connectivity index (χ0n) is 11.9. The molecule has 3 nitrogen and oxygen atoms in total. The number of halogens is 1. The molecule has 0 spiro atoms. The second-order valence-corrected chi connectivity index (χ2v) is 6.17. The molecule has 3 rings (SSSR count). The molecule has 0 amide bonds. The Morgan fingerprint density at radius 1 is 1.20 bits per heavy atom. The van der Waals surface area contributed by atoms with E-state index in [2.05, 4.69) is 28.4 Å². The largest absolute Gasteiger partial charge is 0.381 e. The van der Waals surface area contributed by atoms with E-state index >= 15 is 0 Å². The number of hydrogen-bond acceptors (Lipinski definition) is 3. The van der Waals surface area contributed by atoms with Crippen LogP contribution in [0, 0.1) is 5.92 Å². The van der Waals surface area contributed by atoms with E-state index in [0.717, 1.165) is 57.3 Å². The highest BCUT2D eigenvalue weighted by Gasteiger charge is 2.31. The summed E-state index contributed by atoms with van der Waals surface area (Å²) >= 11 is 6.21. The molecular weight excluding hydrogens is 272 g/mol. The molecule has 2 saturated heterocycles. The zero-order chi connectivity index (χ0) is 13.8. The fourth-order valence-corrected chi connectivity index (χ4v) is 3.66. The van der Waals surface area contributed by atoms with Gasteiger partial charge in [-0.05, 0) is 36.5 Å². The van der Waals surface area contributed by atoms with Crippen molar-refractivity contribution in [1.82, 2.24) is 10.2 Å². The number of rotatable bonds is 3. The summed E-state index contributed by atoms with van der Waals surface area (Å²) in [6.45, 7) is 6.20. The quantitative estimate of drug-likeness (QED) is 0.928. The first kappa shape index (κ1) is 14.3. The maximum absolute atomic E-state index is 6.21. The normalized spacial score (nSPS) is 23.6. The number of hydrogen-bond donors (Lipinski definition) is 1. The van der Waals surface area contributed by atoms with E-state index in [9.17, 15) is 0 Å². The van der Waals surface area contributed by atoms with Crippen LogP contribution in [0.25, 0.3) is 0 Å². The number of nitrogens with one attached hydrogen (secondary N) is 1. The lowest BCUT2D eigenvalue weighted by molar-refractivity contribution is 0.0213. The van der Waals surface area contributed by atoms with Crippen molar-refractivity contribution in [2.45, 2.75) is 18.9 Å². The Bertz CT molecular complexity index is 410. The molecule has 1 atom stereocenters. The van der Waals surface area contributed by atoms with Gasteiger partial charge >= 0.3 is 0 Å². The van der Waals surface area contributed by atoms with Gasteiger partial charge in [-0.3, -0.25) is 4.90 Å². The third-order valence-electron chi connectivity index (χ3n) is 4.45. The van der Waals surface area contributed by atoms with E-state index in [1.807, 2.05) is 6.07 Å². The van der Waals surface area contributed by atoms with E-state index in [1.165, 1.54) is 5.56 Å². The first-order valence-corrected chi connectivity index (χ1v) is 8.00. The molecule has 1 aromatic rings.